The molecule has 1 aromatic rings. The van der Waals surface area contributed by atoms with Crippen LogP contribution in [0.15, 0.2) is 89.1 Å². The van der Waals surface area contributed by atoms with Gasteiger partial charge < -0.3 is 4.90 Å². The summed E-state index contributed by atoms with van der Waals surface area (Å²) in [5, 5.41) is 18.3. The fourth-order valence-electron chi connectivity index (χ4n) is 3.90. The van der Waals surface area contributed by atoms with E-state index in [4.69, 9.17) is 10.5 Å². The van der Waals surface area contributed by atoms with Gasteiger partial charge in [-0.1, -0.05) is 54.7 Å². The summed E-state index contributed by atoms with van der Waals surface area (Å²) in [4.78, 5) is 14.5. The van der Waals surface area contributed by atoms with E-state index in [9.17, 15) is 18.0 Å². The van der Waals surface area contributed by atoms with Crippen LogP contribution in [0, 0.1) is 22.7 Å². The van der Waals surface area contributed by atoms with E-state index < -0.39 is 30.4 Å². The quantitative estimate of drug-likeness (QED) is 0.142. The predicted octanol–water partition coefficient (Wildman–Crippen LogP) is 7.56. The number of nitrogens with zero attached hydrogens (tertiary/aromatic N) is 3. The minimum Gasteiger partial charge on any atom is -0.372 e. The average Bonchev–Trinajstić information content (AvgIpc) is 2.86. The van der Waals surface area contributed by atoms with Crippen LogP contribution < -0.4 is 4.90 Å². The number of allylic oxidation sites excluding steroid dienone is 10. The number of alkyl halides is 3. The molecule has 192 valence electrons. The summed E-state index contributed by atoms with van der Waals surface area (Å²) in [7, 11) is 0. The smallest absolute Gasteiger partial charge is 0.372 e. The molecule has 0 fully saturated rings. The highest BCUT2D eigenvalue weighted by Gasteiger charge is 2.28. The number of nitriles is 2. The van der Waals surface area contributed by atoms with Crippen molar-refractivity contribution >= 4 is 17.5 Å². The molecule has 0 spiro atoms. The molecule has 4 nitrogen and oxygen atoms in total. The minimum atomic E-state index is -4.50. The van der Waals surface area contributed by atoms with Crippen LogP contribution in [0.25, 0.3) is 6.08 Å². The molecule has 37 heavy (non-hydrogen) atoms. The van der Waals surface area contributed by atoms with Gasteiger partial charge in [0, 0.05) is 30.8 Å². The van der Waals surface area contributed by atoms with E-state index in [0.29, 0.717) is 12.8 Å². The van der Waals surface area contributed by atoms with Crippen LogP contribution in [0.2, 0.25) is 0 Å². The summed E-state index contributed by atoms with van der Waals surface area (Å²) in [6.07, 6.45) is 5.12. The van der Waals surface area contributed by atoms with Crippen LogP contribution in [-0.4, -0.2) is 25.0 Å². The van der Waals surface area contributed by atoms with Crippen molar-refractivity contribution in [1.29, 1.82) is 10.5 Å². The van der Waals surface area contributed by atoms with E-state index in [-0.39, 0.29) is 5.57 Å². The Labute approximate surface area is 216 Å². The number of Topliss-reactive ketones (excluding diaryl/α,β-unsaturated/α-hetero) is 1. The van der Waals surface area contributed by atoms with Gasteiger partial charge in [-0.05, 0) is 61.6 Å². The van der Waals surface area contributed by atoms with Gasteiger partial charge in [-0.3, -0.25) is 4.79 Å². The lowest BCUT2D eigenvalue weighted by Gasteiger charge is -2.20. The topological polar surface area (TPSA) is 67.9 Å². The summed E-state index contributed by atoms with van der Waals surface area (Å²) < 4.78 is 37.5. The molecular formula is C30H30F3N3O. The molecule has 0 amide bonds. The van der Waals surface area contributed by atoms with Crippen LogP contribution in [-0.2, 0) is 4.79 Å². The zero-order valence-corrected chi connectivity index (χ0v) is 21.1. The van der Waals surface area contributed by atoms with Gasteiger partial charge in [0.05, 0.1) is 6.42 Å². The highest BCUT2D eigenvalue weighted by molar-refractivity contribution is 6.00. The first-order valence-corrected chi connectivity index (χ1v) is 12.0. The van der Waals surface area contributed by atoms with Gasteiger partial charge in [0.2, 0.25) is 0 Å². The maximum atomic E-state index is 12.5. The van der Waals surface area contributed by atoms with Gasteiger partial charge in [-0.25, -0.2) is 0 Å². The minimum absolute atomic E-state index is 0.321. The van der Waals surface area contributed by atoms with E-state index in [2.05, 4.69) is 49.6 Å². The molecule has 0 N–H and O–H groups in total. The molecule has 2 rings (SSSR count). The van der Waals surface area contributed by atoms with Gasteiger partial charge >= 0.3 is 6.18 Å². The summed E-state index contributed by atoms with van der Waals surface area (Å²) in [5.41, 5.74) is 4.32. The molecule has 0 heterocycles. The maximum absolute atomic E-state index is 12.5. The molecule has 1 aliphatic rings. The van der Waals surface area contributed by atoms with Gasteiger partial charge in [0.1, 0.15) is 17.7 Å². The van der Waals surface area contributed by atoms with Crippen LogP contribution in [0.1, 0.15) is 45.1 Å². The van der Waals surface area contributed by atoms with E-state index >= 15 is 0 Å². The molecule has 0 radical (unpaired) electrons. The van der Waals surface area contributed by atoms with Crippen molar-refractivity contribution in [2.24, 2.45) is 0 Å². The van der Waals surface area contributed by atoms with E-state index in [1.54, 1.807) is 18.2 Å². The van der Waals surface area contributed by atoms with Crippen molar-refractivity contribution in [3.05, 3.63) is 94.7 Å². The number of benzene rings is 1. The number of halogens is 3. The molecule has 0 unspecified atom stereocenters. The molecule has 0 atom stereocenters. The van der Waals surface area contributed by atoms with Crippen molar-refractivity contribution in [3.63, 3.8) is 0 Å². The molecule has 0 saturated carbocycles. The van der Waals surface area contributed by atoms with Crippen molar-refractivity contribution in [3.8, 4) is 12.1 Å². The van der Waals surface area contributed by atoms with E-state index in [1.165, 1.54) is 17.8 Å². The highest BCUT2D eigenvalue weighted by Crippen LogP contribution is 2.28. The van der Waals surface area contributed by atoms with Gasteiger partial charge in [-0.15, -0.1) is 0 Å². The Bertz CT molecular complexity index is 1210. The molecule has 0 aromatic heterocycles. The summed E-state index contributed by atoms with van der Waals surface area (Å²) in [6.45, 7) is 10.2. The standard InChI is InChI=1S/C30H30F3N3O/c1-4-36(5-2)27-13-11-23(12-14-27)9-10-25-18-22(3)17-24(19-25)7-6-8-28(26(20-34)21-35)29(37)15-16-30(31,32)33/h6-14,19H,3-5,15-18H2,1-2H3/b8-6+,10-9+,24-7+. The first kappa shape index (κ1) is 29.1. The molecule has 0 bridgehead atoms. The largest absolute Gasteiger partial charge is 0.389 e. The van der Waals surface area contributed by atoms with Crippen LogP contribution in [0.5, 0.6) is 0 Å². The number of carbonyl (C=O) groups excluding carboxylic acids is 1. The van der Waals surface area contributed by atoms with Gasteiger partial charge in [0.15, 0.2) is 5.78 Å². The molecule has 0 saturated heterocycles. The van der Waals surface area contributed by atoms with Crippen molar-refractivity contribution < 1.29 is 18.0 Å². The zero-order chi connectivity index (χ0) is 27.4. The molecule has 0 aliphatic heterocycles. The summed E-state index contributed by atoms with van der Waals surface area (Å²) in [5.74, 6) is -0.899. The lowest BCUT2D eigenvalue weighted by molar-refractivity contribution is -0.141. The Morgan fingerprint density at radius 2 is 1.73 bits per heavy atom. The first-order valence-electron chi connectivity index (χ1n) is 12.0. The number of ketones is 1. The molecular weight excluding hydrogens is 475 g/mol. The Hall–Kier alpha value is -4.10. The average molecular weight is 506 g/mol. The third kappa shape index (κ3) is 9.46. The van der Waals surface area contributed by atoms with Gasteiger partial charge in [0.25, 0.3) is 0 Å². The normalized spacial score (nSPS) is 14.9. The van der Waals surface area contributed by atoms with Crippen LogP contribution in [0.3, 0.4) is 0 Å². The fraction of sp³-hybridized carbons (Fsp3) is 0.300. The Morgan fingerprint density at radius 1 is 1.08 bits per heavy atom. The third-order valence-corrected chi connectivity index (χ3v) is 5.79. The SMILES string of the molecule is C=C1CC(/C=C/c2ccc(N(CC)CC)cc2)=CC(=C/C=C/C(C(=O)CCC(F)(F)F)=C(C#N)C#N)/C1. The number of hydrogen-bond acceptors (Lipinski definition) is 4. The van der Waals surface area contributed by atoms with Crippen molar-refractivity contribution in [2.45, 2.75) is 45.7 Å². The molecule has 1 aliphatic carbocycles. The first-order chi connectivity index (χ1) is 17.6. The van der Waals surface area contributed by atoms with Crippen molar-refractivity contribution in [1.82, 2.24) is 0 Å². The lowest BCUT2D eigenvalue weighted by Crippen LogP contribution is -2.21. The predicted molar refractivity (Wildman–Crippen MR) is 141 cm³/mol. The maximum Gasteiger partial charge on any atom is 0.389 e. The number of anilines is 1. The number of rotatable bonds is 10. The fourth-order valence-corrected chi connectivity index (χ4v) is 3.90. The number of hydrogen-bond donors (Lipinski definition) is 0. The second-order valence-corrected chi connectivity index (χ2v) is 8.57. The molecule has 1 aromatic carbocycles. The number of carbonyl (C=O) groups is 1. The highest BCUT2D eigenvalue weighted by atomic mass is 19.4. The van der Waals surface area contributed by atoms with Crippen LogP contribution in [0.4, 0.5) is 18.9 Å². The Morgan fingerprint density at radius 3 is 2.30 bits per heavy atom. The Kier molecular flexibility index (Phi) is 10.9. The van der Waals surface area contributed by atoms with E-state index in [0.717, 1.165) is 35.4 Å². The van der Waals surface area contributed by atoms with E-state index in [1.807, 2.05) is 18.2 Å². The summed E-state index contributed by atoms with van der Waals surface area (Å²) in [6, 6.07) is 11.5. The summed E-state index contributed by atoms with van der Waals surface area (Å²) >= 11 is 0. The second kappa shape index (κ2) is 13.8. The second-order valence-electron chi connectivity index (χ2n) is 8.57. The van der Waals surface area contributed by atoms with Gasteiger partial charge in [-0.2, -0.15) is 23.7 Å². The van der Waals surface area contributed by atoms with Crippen molar-refractivity contribution in [2.75, 3.05) is 18.0 Å². The lowest BCUT2D eigenvalue weighted by atomic mass is 9.90. The molecule has 7 heteroatoms. The Balaban J connectivity index is 2.21. The third-order valence-electron chi connectivity index (χ3n) is 5.79. The zero-order valence-electron chi connectivity index (χ0n) is 21.1. The van der Waals surface area contributed by atoms with Crippen LogP contribution >= 0.6 is 0 Å². The monoisotopic (exact) mass is 505 g/mol.